The maximum Gasteiger partial charge on any atom is 0.244 e. The molecule has 3 unspecified atom stereocenters. The molecule has 1 N–H and O–H groups in total. The minimum atomic E-state index is -0.234. The molecule has 0 radical (unpaired) electrons. The Labute approximate surface area is 103 Å². The molecule has 4 nitrogen and oxygen atoms in total. The molecular formula is C13H22N2O2. The van der Waals surface area contributed by atoms with E-state index in [-0.39, 0.29) is 23.9 Å². The first-order valence-electron chi connectivity index (χ1n) is 6.86. The summed E-state index contributed by atoms with van der Waals surface area (Å²) >= 11 is 0. The molecule has 17 heavy (non-hydrogen) atoms. The molecule has 1 spiro atoms. The molecule has 3 fully saturated rings. The normalized spacial score (nSPS) is 40.7. The highest BCUT2D eigenvalue weighted by atomic mass is 16.5. The molecule has 0 aromatic heterocycles. The Morgan fingerprint density at radius 2 is 2.06 bits per heavy atom. The molecule has 1 amide bonds. The minimum absolute atomic E-state index is 0.162. The number of carbonyl (C=O) groups excluding carboxylic acids is 1. The van der Waals surface area contributed by atoms with Gasteiger partial charge in [-0.1, -0.05) is 12.8 Å². The van der Waals surface area contributed by atoms with Gasteiger partial charge in [-0.2, -0.15) is 0 Å². The van der Waals surface area contributed by atoms with E-state index in [1.165, 1.54) is 12.8 Å². The van der Waals surface area contributed by atoms with Gasteiger partial charge in [0, 0.05) is 6.61 Å². The molecule has 96 valence electrons. The predicted octanol–water partition coefficient (Wildman–Crippen LogP) is 1.25. The second-order valence-electron chi connectivity index (χ2n) is 5.75. The Morgan fingerprint density at radius 3 is 2.65 bits per heavy atom. The van der Waals surface area contributed by atoms with Crippen molar-refractivity contribution in [3.63, 3.8) is 0 Å². The predicted molar refractivity (Wildman–Crippen MR) is 64.5 cm³/mol. The van der Waals surface area contributed by atoms with E-state index in [2.05, 4.69) is 24.1 Å². The molecule has 0 aromatic carbocycles. The molecular weight excluding hydrogens is 216 g/mol. The summed E-state index contributed by atoms with van der Waals surface area (Å²) in [6, 6.07) is 0.268. The monoisotopic (exact) mass is 238 g/mol. The first-order valence-corrected chi connectivity index (χ1v) is 6.86. The van der Waals surface area contributed by atoms with Gasteiger partial charge in [0.15, 0.2) is 0 Å². The largest absolute Gasteiger partial charge is 0.376 e. The SMILES string of the molecule is CC1OCCC1N1C(=O)C2(CCCC2)NC1C. The summed E-state index contributed by atoms with van der Waals surface area (Å²) in [5.41, 5.74) is -0.234. The van der Waals surface area contributed by atoms with Gasteiger partial charge >= 0.3 is 0 Å². The lowest BCUT2D eigenvalue weighted by Gasteiger charge is -2.30. The van der Waals surface area contributed by atoms with E-state index >= 15 is 0 Å². The van der Waals surface area contributed by atoms with Crippen molar-refractivity contribution < 1.29 is 9.53 Å². The van der Waals surface area contributed by atoms with Gasteiger partial charge in [-0.05, 0) is 33.1 Å². The number of rotatable bonds is 1. The van der Waals surface area contributed by atoms with Gasteiger partial charge in [-0.25, -0.2) is 0 Å². The Morgan fingerprint density at radius 1 is 1.35 bits per heavy atom. The summed E-state index contributed by atoms with van der Waals surface area (Å²) in [6.45, 7) is 4.97. The van der Waals surface area contributed by atoms with Gasteiger partial charge < -0.3 is 9.64 Å². The standard InChI is InChI=1S/C13H22N2O2/c1-9-11(5-8-17-9)15-10(2)14-13(12(15)16)6-3-4-7-13/h9-11,14H,3-8H2,1-2H3. The summed E-state index contributed by atoms with van der Waals surface area (Å²) in [7, 11) is 0. The summed E-state index contributed by atoms with van der Waals surface area (Å²) < 4.78 is 5.60. The first-order chi connectivity index (χ1) is 8.14. The summed E-state index contributed by atoms with van der Waals surface area (Å²) in [5.74, 6) is 0.324. The fourth-order valence-corrected chi connectivity index (χ4v) is 3.81. The van der Waals surface area contributed by atoms with Crippen molar-refractivity contribution >= 4 is 5.91 Å². The smallest absolute Gasteiger partial charge is 0.244 e. The molecule has 4 heteroatoms. The van der Waals surface area contributed by atoms with Crippen LogP contribution in [0.2, 0.25) is 0 Å². The summed E-state index contributed by atoms with van der Waals surface area (Å²) in [6.07, 6.45) is 5.69. The van der Waals surface area contributed by atoms with E-state index in [1.807, 2.05) is 0 Å². The number of hydrogen-bond acceptors (Lipinski definition) is 3. The van der Waals surface area contributed by atoms with Crippen LogP contribution in [0.15, 0.2) is 0 Å². The fraction of sp³-hybridized carbons (Fsp3) is 0.923. The van der Waals surface area contributed by atoms with Crippen LogP contribution in [-0.4, -0.2) is 41.3 Å². The van der Waals surface area contributed by atoms with Crippen LogP contribution in [0.25, 0.3) is 0 Å². The summed E-state index contributed by atoms with van der Waals surface area (Å²) in [4.78, 5) is 14.7. The quantitative estimate of drug-likeness (QED) is 0.747. The summed E-state index contributed by atoms with van der Waals surface area (Å²) in [5, 5.41) is 3.55. The van der Waals surface area contributed by atoms with Crippen molar-refractivity contribution in [1.29, 1.82) is 0 Å². The highest BCUT2D eigenvalue weighted by Gasteiger charge is 2.53. The van der Waals surface area contributed by atoms with Crippen LogP contribution in [-0.2, 0) is 9.53 Å². The molecule has 3 atom stereocenters. The topological polar surface area (TPSA) is 41.6 Å². The maximum atomic E-state index is 12.7. The number of carbonyl (C=O) groups is 1. The van der Waals surface area contributed by atoms with Crippen molar-refractivity contribution in [1.82, 2.24) is 10.2 Å². The van der Waals surface area contributed by atoms with Crippen molar-refractivity contribution in [3.8, 4) is 0 Å². The lowest BCUT2D eigenvalue weighted by atomic mass is 9.97. The number of hydrogen-bond donors (Lipinski definition) is 1. The molecule has 0 bridgehead atoms. The van der Waals surface area contributed by atoms with Crippen LogP contribution in [0.1, 0.15) is 46.0 Å². The van der Waals surface area contributed by atoms with Gasteiger partial charge in [0.2, 0.25) is 5.91 Å². The Balaban J connectivity index is 1.83. The van der Waals surface area contributed by atoms with Crippen LogP contribution >= 0.6 is 0 Å². The zero-order valence-electron chi connectivity index (χ0n) is 10.7. The average molecular weight is 238 g/mol. The minimum Gasteiger partial charge on any atom is -0.376 e. The third-order valence-electron chi connectivity index (χ3n) is 4.70. The van der Waals surface area contributed by atoms with Crippen LogP contribution in [0, 0.1) is 0 Å². The molecule has 1 aliphatic carbocycles. The average Bonchev–Trinajstić information content (AvgIpc) is 2.94. The van der Waals surface area contributed by atoms with Gasteiger partial charge in [0.25, 0.3) is 0 Å². The van der Waals surface area contributed by atoms with Gasteiger partial charge in [0.05, 0.1) is 23.9 Å². The van der Waals surface area contributed by atoms with Crippen LogP contribution in [0.4, 0.5) is 0 Å². The van der Waals surface area contributed by atoms with Crippen LogP contribution in [0.3, 0.4) is 0 Å². The number of nitrogens with zero attached hydrogens (tertiary/aromatic N) is 1. The number of ether oxygens (including phenoxy) is 1. The molecule has 3 rings (SSSR count). The van der Waals surface area contributed by atoms with E-state index in [9.17, 15) is 4.79 Å². The second kappa shape index (κ2) is 3.95. The molecule has 1 saturated carbocycles. The van der Waals surface area contributed by atoms with Crippen molar-refractivity contribution in [2.75, 3.05) is 6.61 Å². The Bertz CT molecular complexity index is 325. The van der Waals surface area contributed by atoms with Crippen LogP contribution < -0.4 is 5.32 Å². The molecule has 0 aromatic rings. The second-order valence-corrected chi connectivity index (χ2v) is 5.75. The van der Waals surface area contributed by atoms with Crippen molar-refractivity contribution in [2.24, 2.45) is 0 Å². The zero-order chi connectivity index (χ0) is 12.0. The lowest BCUT2D eigenvalue weighted by molar-refractivity contribution is -0.136. The Hall–Kier alpha value is -0.610. The van der Waals surface area contributed by atoms with Crippen LogP contribution in [0.5, 0.6) is 0 Å². The zero-order valence-corrected chi connectivity index (χ0v) is 10.7. The maximum absolute atomic E-state index is 12.7. The highest BCUT2D eigenvalue weighted by Crippen LogP contribution is 2.38. The number of amides is 1. The van der Waals surface area contributed by atoms with E-state index in [0.29, 0.717) is 5.91 Å². The van der Waals surface area contributed by atoms with Gasteiger partial charge in [0.1, 0.15) is 0 Å². The molecule has 2 saturated heterocycles. The molecule has 2 heterocycles. The van der Waals surface area contributed by atoms with Gasteiger partial charge in [-0.3, -0.25) is 10.1 Å². The van der Waals surface area contributed by atoms with Gasteiger partial charge in [-0.15, -0.1) is 0 Å². The highest BCUT2D eigenvalue weighted by molar-refractivity contribution is 5.89. The molecule has 3 aliphatic rings. The first kappa shape index (κ1) is 11.5. The van der Waals surface area contributed by atoms with E-state index in [1.54, 1.807) is 0 Å². The lowest BCUT2D eigenvalue weighted by Crippen LogP contribution is -2.47. The Kier molecular flexibility index (Phi) is 2.67. The fourth-order valence-electron chi connectivity index (χ4n) is 3.81. The molecule has 2 aliphatic heterocycles. The third kappa shape index (κ3) is 1.61. The van der Waals surface area contributed by atoms with Crippen molar-refractivity contribution in [2.45, 2.75) is 69.8 Å². The van der Waals surface area contributed by atoms with E-state index in [0.717, 1.165) is 25.9 Å². The van der Waals surface area contributed by atoms with Crippen molar-refractivity contribution in [3.05, 3.63) is 0 Å². The van der Waals surface area contributed by atoms with E-state index in [4.69, 9.17) is 4.74 Å². The van der Waals surface area contributed by atoms with E-state index < -0.39 is 0 Å². The number of nitrogens with one attached hydrogen (secondary N) is 1. The third-order valence-corrected chi connectivity index (χ3v) is 4.70.